The summed E-state index contributed by atoms with van der Waals surface area (Å²) in [5.41, 5.74) is 6.16. The lowest BCUT2D eigenvalue weighted by atomic mass is 10.0. The first kappa shape index (κ1) is 24.2. The highest BCUT2D eigenvalue weighted by Gasteiger charge is 2.31. The molecular formula is C23H20F3N7O. The SMILES string of the molecule is CNC(=O)c1ncc(-c2cc(C#N)ccn2)cc1C(=N)N[C@H](C)c1cc(N)cc(C(F)(F)F)c1. The zero-order valence-electron chi connectivity index (χ0n) is 18.2. The van der Waals surface area contributed by atoms with Crippen molar-refractivity contribution in [3.63, 3.8) is 0 Å². The maximum Gasteiger partial charge on any atom is 0.416 e. The highest BCUT2D eigenvalue weighted by Crippen LogP contribution is 2.32. The molecule has 0 saturated carbocycles. The Kier molecular flexibility index (Phi) is 6.81. The molecular weight excluding hydrogens is 447 g/mol. The number of carbonyl (C=O) groups excluding carboxylic acids is 1. The van der Waals surface area contributed by atoms with Crippen LogP contribution in [-0.2, 0) is 6.18 Å². The summed E-state index contributed by atoms with van der Waals surface area (Å²) < 4.78 is 39.5. The molecule has 0 aliphatic rings. The number of nitrogens with two attached hydrogens (primary N) is 1. The zero-order chi connectivity index (χ0) is 25.0. The van der Waals surface area contributed by atoms with E-state index in [1.807, 2.05) is 6.07 Å². The lowest BCUT2D eigenvalue weighted by Gasteiger charge is -2.20. The first-order chi connectivity index (χ1) is 16.0. The van der Waals surface area contributed by atoms with Gasteiger partial charge in [-0.1, -0.05) is 0 Å². The number of aromatic nitrogens is 2. The van der Waals surface area contributed by atoms with Crippen LogP contribution in [0.4, 0.5) is 18.9 Å². The van der Waals surface area contributed by atoms with Gasteiger partial charge >= 0.3 is 6.18 Å². The summed E-state index contributed by atoms with van der Waals surface area (Å²) >= 11 is 0. The smallest absolute Gasteiger partial charge is 0.399 e. The number of anilines is 1. The number of alkyl halides is 3. The Morgan fingerprint density at radius 1 is 1.21 bits per heavy atom. The average molecular weight is 467 g/mol. The van der Waals surface area contributed by atoms with Crippen molar-refractivity contribution in [1.29, 1.82) is 10.7 Å². The van der Waals surface area contributed by atoms with Gasteiger partial charge in [-0.05, 0) is 48.9 Å². The Morgan fingerprint density at radius 3 is 2.59 bits per heavy atom. The number of amidine groups is 1. The van der Waals surface area contributed by atoms with Gasteiger partial charge in [0.2, 0.25) is 0 Å². The van der Waals surface area contributed by atoms with E-state index >= 15 is 0 Å². The second kappa shape index (κ2) is 9.58. The number of nitrogens with one attached hydrogen (secondary N) is 3. The molecule has 174 valence electrons. The minimum Gasteiger partial charge on any atom is -0.399 e. The van der Waals surface area contributed by atoms with Gasteiger partial charge in [-0.3, -0.25) is 15.2 Å². The molecule has 0 radical (unpaired) electrons. The molecule has 0 bridgehead atoms. The topological polar surface area (TPSA) is 141 Å². The van der Waals surface area contributed by atoms with Gasteiger partial charge in [-0.25, -0.2) is 4.98 Å². The van der Waals surface area contributed by atoms with Crippen molar-refractivity contribution in [3.05, 3.63) is 76.7 Å². The lowest BCUT2D eigenvalue weighted by molar-refractivity contribution is -0.137. The number of nitrogen functional groups attached to an aromatic ring is 1. The van der Waals surface area contributed by atoms with Gasteiger partial charge in [0, 0.05) is 36.3 Å². The van der Waals surface area contributed by atoms with Crippen molar-refractivity contribution in [2.45, 2.75) is 19.1 Å². The van der Waals surface area contributed by atoms with E-state index in [4.69, 9.17) is 16.4 Å². The van der Waals surface area contributed by atoms with Crippen LogP contribution in [0.3, 0.4) is 0 Å². The molecule has 1 atom stereocenters. The molecule has 0 fully saturated rings. The largest absolute Gasteiger partial charge is 0.416 e. The number of amides is 1. The third kappa shape index (κ3) is 5.29. The second-order valence-electron chi connectivity index (χ2n) is 7.37. The maximum absolute atomic E-state index is 13.2. The van der Waals surface area contributed by atoms with Crippen molar-refractivity contribution in [2.75, 3.05) is 12.8 Å². The molecule has 0 spiro atoms. The summed E-state index contributed by atoms with van der Waals surface area (Å²) in [4.78, 5) is 20.7. The van der Waals surface area contributed by atoms with Gasteiger partial charge in [0.05, 0.1) is 28.9 Å². The zero-order valence-corrected chi connectivity index (χ0v) is 18.2. The van der Waals surface area contributed by atoms with Crippen LogP contribution in [0.15, 0.2) is 48.8 Å². The average Bonchev–Trinajstić information content (AvgIpc) is 2.82. The van der Waals surface area contributed by atoms with Gasteiger partial charge in [-0.2, -0.15) is 18.4 Å². The van der Waals surface area contributed by atoms with Crippen LogP contribution in [-0.4, -0.2) is 28.8 Å². The fourth-order valence-corrected chi connectivity index (χ4v) is 3.22. The molecule has 1 aromatic carbocycles. The number of nitrogens with zero attached hydrogens (tertiary/aromatic N) is 3. The Hall–Kier alpha value is -4.46. The Labute approximate surface area is 193 Å². The molecule has 0 aliphatic heterocycles. The molecule has 0 saturated heterocycles. The number of hydrogen-bond donors (Lipinski definition) is 4. The molecule has 0 aliphatic carbocycles. The first-order valence-corrected chi connectivity index (χ1v) is 9.95. The summed E-state index contributed by atoms with van der Waals surface area (Å²) in [5, 5.41) is 22.9. The minimum absolute atomic E-state index is 0.0593. The molecule has 11 heteroatoms. The van der Waals surface area contributed by atoms with Crippen LogP contribution in [0.2, 0.25) is 0 Å². The monoisotopic (exact) mass is 467 g/mol. The van der Waals surface area contributed by atoms with Crippen LogP contribution in [0.5, 0.6) is 0 Å². The fraction of sp³-hybridized carbons (Fsp3) is 0.174. The van der Waals surface area contributed by atoms with Crippen LogP contribution in [0, 0.1) is 16.7 Å². The highest BCUT2D eigenvalue weighted by molar-refractivity contribution is 6.07. The first-order valence-electron chi connectivity index (χ1n) is 9.95. The molecule has 3 aromatic rings. The van der Waals surface area contributed by atoms with E-state index in [0.29, 0.717) is 16.8 Å². The molecule has 2 heterocycles. The van der Waals surface area contributed by atoms with Crippen LogP contribution >= 0.6 is 0 Å². The Bertz CT molecular complexity index is 1300. The van der Waals surface area contributed by atoms with Gasteiger partial charge in [0.25, 0.3) is 5.91 Å². The summed E-state index contributed by atoms with van der Waals surface area (Å²) in [5.74, 6) is -0.796. The van der Waals surface area contributed by atoms with Gasteiger partial charge in [0.1, 0.15) is 11.5 Å². The lowest BCUT2D eigenvalue weighted by Crippen LogP contribution is -2.31. The number of nitriles is 1. The second-order valence-corrected chi connectivity index (χ2v) is 7.37. The fourth-order valence-electron chi connectivity index (χ4n) is 3.22. The summed E-state index contributed by atoms with van der Waals surface area (Å²) in [6, 6.07) is 8.99. The Balaban J connectivity index is 1.99. The number of hydrogen-bond acceptors (Lipinski definition) is 6. The van der Waals surface area contributed by atoms with Crippen LogP contribution < -0.4 is 16.4 Å². The molecule has 2 aromatic heterocycles. The standard InChI is InChI=1S/C23H20F3N7O/c1-12(14-6-16(23(24,25)26)9-17(28)7-14)33-21(29)18-8-15(11-32-20(18)22(34)30-2)19-5-13(10-27)3-4-31-19/h3-9,11-12H,28H2,1-2H3,(H2,29,33)(H,30,34)/t12-/m1/s1. The minimum atomic E-state index is -4.58. The van der Waals surface area contributed by atoms with Gasteiger partial charge in [0.15, 0.2) is 0 Å². The predicted octanol–water partition coefficient (Wildman–Crippen LogP) is 3.65. The maximum atomic E-state index is 13.2. The van der Waals surface area contributed by atoms with Gasteiger partial charge in [-0.15, -0.1) is 0 Å². The van der Waals surface area contributed by atoms with E-state index in [2.05, 4.69) is 20.6 Å². The Morgan fingerprint density at radius 2 is 1.94 bits per heavy atom. The van der Waals surface area contributed by atoms with Crippen LogP contribution in [0.25, 0.3) is 11.3 Å². The van der Waals surface area contributed by atoms with E-state index in [1.165, 1.54) is 43.7 Å². The van der Waals surface area contributed by atoms with Crippen molar-refractivity contribution in [1.82, 2.24) is 20.6 Å². The van der Waals surface area contributed by atoms with E-state index in [9.17, 15) is 18.0 Å². The number of pyridine rings is 2. The number of rotatable bonds is 5. The normalized spacial score (nSPS) is 11.9. The van der Waals surface area contributed by atoms with Crippen molar-refractivity contribution in [2.24, 2.45) is 0 Å². The predicted molar refractivity (Wildman–Crippen MR) is 120 cm³/mol. The summed E-state index contributed by atoms with van der Waals surface area (Å²) in [6.07, 6.45) is -1.74. The van der Waals surface area contributed by atoms with Crippen molar-refractivity contribution >= 4 is 17.4 Å². The summed E-state index contributed by atoms with van der Waals surface area (Å²) in [6.45, 7) is 1.57. The molecule has 34 heavy (non-hydrogen) atoms. The van der Waals surface area contributed by atoms with Gasteiger partial charge < -0.3 is 16.4 Å². The molecule has 1 amide bonds. The summed E-state index contributed by atoms with van der Waals surface area (Å²) in [7, 11) is 1.41. The number of halogens is 3. The van der Waals surface area contributed by atoms with E-state index < -0.39 is 23.7 Å². The molecule has 0 unspecified atom stereocenters. The molecule has 8 nitrogen and oxygen atoms in total. The molecule has 3 rings (SSSR count). The third-order valence-corrected chi connectivity index (χ3v) is 4.95. The van der Waals surface area contributed by atoms with Crippen molar-refractivity contribution < 1.29 is 18.0 Å². The number of carbonyl (C=O) groups is 1. The molecule has 5 N–H and O–H groups in total. The quantitative estimate of drug-likeness (QED) is 0.256. The van der Waals surface area contributed by atoms with Crippen LogP contribution in [0.1, 0.15) is 45.7 Å². The van der Waals surface area contributed by atoms with E-state index in [-0.39, 0.29) is 28.3 Å². The van der Waals surface area contributed by atoms with Crippen molar-refractivity contribution in [3.8, 4) is 17.3 Å². The van der Waals surface area contributed by atoms with E-state index in [0.717, 1.165) is 12.1 Å². The number of benzene rings is 1. The third-order valence-electron chi connectivity index (χ3n) is 4.95. The highest BCUT2D eigenvalue weighted by atomic mass is 19.4. The van der Waals surface area contributed by atoms with E-state index in [1.54, 1.807) is 6.92 Å².